The topological polar surface area (TPSA) is 34.9 Å². The van der Waals surface area contributed by atoms with Gasteiger partial charge in [0, 0.05) is 24.7 Å². The maximum absolute atomic E-state index is 13.5. The summed E-state index contributed by atoms with van der Waals surface area (Å²) in [6.07, 6.45) is 3.91. The number of hydrogen-bond acceptors (Lipinski definition) is 2. The zero-order valence-corrected chi connectivity index (χ0v) is 11.8. The fourth-order valence-electron chi connectivity index (χ4n) is 2.86. The Labute approximate surface area is 121 Å². The molecule has 1 aliphatic rings. The molecular weight excluding hydrogens is 274 g/mol. The number of halogens is 2. The number of hydrogen-bond donors (Lipinski definition) is 0. The van der Waals surface area contributed by atoms with Crippen LogP contribution < -0.4 is 0 Å². The van der Waals surface area contributed by atoms with E-state index in [9.17, 15) is 13.6 Å². The zero-order chi connectivity index (χ0) is 15.0. The Hall–Kier alpha value is -2.04. The first-order valence-corrected chi connectivity index (χ1v) is 7.13. The number of carbonyl (C=O) groups excluding carboxylic acids is 1. The van der Waals surface area contributed by atoms with E-state index in [-0.39, 0.29) is 5.78 Å². The molecule has 110 valence electrons. The normalized spacial score (nSPS) is 14.6. The van der Waals surface area contributed by atoms with Gasteiger partial charge in [0.15, 0.2) is 17.4 Å². The zero-order valence-electron chi connectivity index (χ0n) is 11.8. The molecule has 0 saturated heterocycles. The molecule has 2 aromatic rings. The molecule has 1 aromatic carbocycles. The number of carbonyl (C=O) groups is 1. The lowest BCUT2D eigenvalue weighted by Crippen LogP contribution is -2.05. The van der Waals surface area contributed by atoms with E-state index in [0.29, 0.717) is 17.1 Å². The Kier molecular flexibility index (Phi) is 3.57. The van der Waals surface area contributed by atoms with Gasteiger partial charge >= 0.3 is 0 Å². The fraction of sp³-hybridized carbons (Fsp3) is 0.375. The van der Waals surface area contributed by atoms with Crippen molar-refractivity contribution in [3.63, 3.8) is 0 Å². The third-order valence-electron chi connectivity index (χ3n) is 3.88. The third kappa shape index (κ3) is 2.48. The summed E-state index contributed by atoms with van der Waals surface area (Å²) < 4.78 is 28.5. The summed E-state index contributed by atoms with van der Waals surface area (Å²) in [7, 11) is 0. The van der Waals surface area contributed by atoms with Crippen molar-refractivity contribution in [3.8, 4) is 11.4 Å². The number of ketones is 1. The number of benzene rings is 1. The van der Waals surface area contributed by atoms with Crippen molar-refractivity contribution in [1.82, 2.24) is 9.55 Å². The van der Waals surface area contributed by atoms with E-state index in [4.69, 9.17) is 0 Å². The van der Waals surface area contributed by atoms with Crippen molar-refractivity contribution < 1.29 is 13.6 Å². The van der Waals surface area contributed by atoms with Gasteiger partial charge in [-0.15, -0.1) is 0 Å². The maximum atomic E-state index is 13.5. The second-order valence-electron chi connectivity index (χ2n) is 5.38. The van der Waals surface area contributed by atoms with Gasteiger partial charge in [-0.05, 0) is 37.5 Å². The number of Topliss-reactive ketones (excluding diaryl/α,β-unsaturated/α-hetero) is 1. The molecule has 0 spiro atoms. The van der Waals surface area contributed by atoms with Crippen LogP contribution >= 0.6 is 0 Å². The van der Waals surface area contributed by atoms with Gasteiger partial charge in [0.1, 0.15) is 11.5 Å². The van der Waals surface area contributed by atoms with Gasteiger partial charge in [-0.2, -0.15) is 0 Å². The molecule has 0 bridgehead atoms. The molecular formula is C16H16F2N2O. The predicted molar refractivity (Wildman–Crippen MR) is 75.1 cm³/mol. The lowest BCUT2D eigenvalue weighted by molar-refractivity contribution is 0.101. The van der Waals surface area contributed by atoms with E-state index in [0.717, 1.165) is 50.1 Å². The van der Waals surface area contributed by atoms with Gasteiger partial charge in [-0.25, -0.2) is 13.8 Å². The Morgan fingerprint density at radius 1 is 1.19 bits per heavy atom. The smallest absolute Gasteiger partial charge is 0.179 e. The number of rotatable bonds is 2. The Morgan fingerprint density at radius 2 is 2.00 bits per heavy atom. The van der Waals surface area contributed by atoms with Crippen LogP contribution in [-0.4, -0.2) is 15.3 Å². The maximum Gasteiger partial charge on any atom is 0.179 e. The van der Waals surface area contributed by atoms with E-state index in [1.165, 1.54) is 13.0 Å². The lowest BCUT2D eigenvalue weighted by Gasteiger charge is -2.09. The van der Waals surface area contributed by atoms with Gasteiger partial charge in [-0.3, -0.25) is 4.79 Å². The lowest BCUT2D eigenvalue weighted by atomic mass is 10.1. The molecule has 0 saturated carbocycles. The molecule has 0 fully saturated rings. The summed E-state index contributed by atoms with van der Waals surface area (Å²) in [6, 6.07) is 3.74. The van der Waals surface area contributed by atoms with E-state index in [2.05, 4.69) is 4.98 Å². The summed E-state index contributed by atoms with van der Waals surface area (Å²) in [5.41, 5.74) is 1.88. The van der Waals surface area contributed by atoms with Gasteiger partial charge in [0.25, 0.3) is 0 Å². The molecule has 0 atom stereocenters. The molecule has 0 aliphatic carbocycles. The minimum absolute atomic E-state index is 0.0884. The average Bonchev–Trinajstić information content (AvgIpc) is 2.65. The highest BCUT2D eigenvalue weighted by Gasteiger charge is 2.22. The highest BCUT2D eigenvalue weighted by molar-refractivity contribution is 5.94. The molecule has 3 rings (SSSR count). The summed E-state index contributed by atoms with van der Waals surface area (Å²) in [4.78, 5) is 16.2. The van der Waals surface area contributed by atoms with Crippen LogP contribution in [0.3, 0.4) is 0 Å². The van der Waals surface area contributed by atoms with Crippen LogP contribution in [0.25, 0.3) is 11.4 Å². The van der Waals surface area contributed by atoms with Crippen LogP contribution in [0.1, 0.15) is 42.4 Å². The molecule has 5 heteroatoms. The van der Waals surface area contributed by atoms with Crippen LogP contribution in [-0.2, 0) is 13.0 Å². The van der Waals surface area contributed by atoms with Gasteiger partial charge in [0.05, 0.1) is 0 Å². The Morgan fingerprint density at radius 3 is 2.71 bits per heavy atom. The van der Waals surface area contributed by atoms with Gasteiger partial charge < -0.3 is 4.57 Å². The van der Waals surface area contributed by atoms with Crippen LogP contribution in [0.4, 0.5) is 8.78 Å². The standard InChI is InChI=1S/C16H16F2N2O/c1-10(21)15-14-5-3-2-4-8-20(14)16(19-15)11-6-7-12(17)13(18)9-11/h6-7,9H,2-5,8H2,1H3. The second kappa shape index (κ2) is 5.39. The monoisotopic (exact) mass is 290 g/mol. The first kappa shape index (κ1) is 13.9. The second-order valence-corrected chi connectivity index (χ2v) is 5.38. The molecule has 0 unspecified atom stereocenters. The Balaban J connectivity index is 2.17. The third-order valence-corrected chi connectivity index (χ3v) is 3.88. The van der Waals surface area contributed by atoms with Gasteiger partial charge in [-0.1, -0.05) is 6.42 Å². The minimum atomic E-state index is -0.900. The van der Waals surface area contributed by atoms with Crippen molar-refractivity contribution in [2.45, 2.75) is 39.2 Å². The molecule has 1 aliphatic heterocycles. The van der Waals surface area contributed by atoms with Crippen molar-refractivity contribution in [3.05, 3.63) is 41.2 Å². The number of fused-ring (bicyclic) bond motifs is 1. The molecule has 0 N–H and O–H groups in total. The fourth-order valence-corrected chi connectivity index (χ4v) is 2.86. The van der Waals surface area contributed by atoms with Crippen molar-refractivity contribution in [2.24, 2.45) is 0 Å². The number of nitrogens with zero attached hydrogens (tertiary/aromatic N) is 2. The minimum Gasteiger partial charge on any atom is -0.327 e. The molecule has 2 heterocycles. The Bertz CT molecular complexity index is 707. The van der Waals surface area contributed by atoms with Crippen LogP contribution in [0, 0.1) is 11.6 Å². The van der Waals surface area contributed by atoms with Crippen LogP contribution in [0.5, 0.6) is 0 Å². The molecule has 0 amide bonds. The van der Waals surface area contributed by atoms with E-state index >= 15 is 0 Å². The first-order valence-electron chi connectivity index (χ1n) is 7.13. The predicted octanol–water partition coefficient (Wildman–Crippen LogP) is 3.76. The van der Waals surface area contributed by atoms with E-state index in [1.807, 2.05) is 4.57 Å². The summed E-state index contributed by atoms with van der Waals surface area (Å²) in [5, 5.41) is 0. The highest BCUT2D eigenvalue weighted by atomic mass is 19.2. The highest BCUT2D eigenvalue weighted by Crippen LogP contribution is 2.28. The quantitative estimate of drug-likeness (QED) is 0.789. The molecule has 1 aromatic heterocycles. The molecule has 0 radical (unpaired) electrons. The number of imidazole rings is 1. The summed E-state index contributed by atoms with van der Waals surface area (Å²) in [5.74, 6) is -1.32. The largest absolute Gasteiger partial charge is 0.327 e. The van der Waals surface area contributed by atoms with E-state index in [1.54, 1.807) is 0 Å². The first-order chi connectivity index (χ1) is 10.1. The van der Waals surface area contributed by atoms with Gasteiger partial charge in [0.2, 0.25) is 0 Å². The molecule has 21 heavy (non-hydrogen) atoms. The summed E-state index contributed by atoms with van der Waals surface area (Å²) in [6.45, 7) is 2.24. The van der Waals surface area contributed by atoms with Crippen LogP contribution in [0.2, 0.25) is 0 Å². The summed E-state index contributed by atoms with van der Waals surface area (Å²) >= 11 is 0. The molecule has 3 nitrogen and oxygen atoms in total. The van der Waals surface area contributed by atoms with Crippen molar-refractivity contribution in [2.75, 3.05) is 0 Å². The van der Waals surface area contributed by atoms with Crippen molar-refractivity contribution in [1.29, 1.82) is 0 Å². The van der Waals surface area contributed by atoms with E-state index < -0.39 is 11.6 Å². The van der Waals surface area contributed by atoms with Crippen LogP contribution in [0.15, 0.2) is 18.2 Å². The van der Waals surface area contributed by atoms with Crippen molar-refractivity contribution >= 4 is 5.78 Å². The average molecular weight is 290 g/mol. The SMILES string of the molecule is CC(=O)c1nc(-c2ccc(F)c(F)c2)n2c1CCCCC2. The number of aromatic nitrogens is 2.